The van der Waals surface area contributed by atoms with Gasteiger partial charge in [0.2, 0.25) is 5.91 Å². The summed E-state index contributed by atoms with van der Waals surface area (Å²) >= 11 is 0. The third-order valence-electron chi connectivity index (χ3n) is 4.86. The fourth-order valence-electron chi connectivity index (χ4n) is 3.74. The van der Waals surface area contributed by atoms with Crippen LogP contribution in [-0.2, 0) is 9.53 Å². The molecule has 1 amide bonds. The van der Waals surface area contributed by atoms with Crippen molar-refractivity contribution in [3.8, 4) is 5.75 Å². The molecule has 0 aliphatic carbocycles. The molecule has 3 atom stereocenters. The van der Waals surface area contributed by atoms with E-state index < -0.39 is 0 Å². The third-order valence-corrected chi connectivity index (χ3v) is 4.86. The Hall–Kier alpha value is -1.59. The van der Waals surface area contributed by atoms with Gasteiger partial charge in [-0.05, 0) is 23.6 Å². The van der Waals surface area contributed by atoms with Crippen LogP contribution in [0.25, 0.3) is 0 Å². The first-order chi connectivity index (χ1) is 10.7. The fraction of sp³-hybridized carbons (Fsp3) is 0.588. The number of hydrogen-bond acceptors (Lipinski definition) is 4. The van der Waals surface area contributed by atoms with Gasteiger partial charge in [-0.1, -0.05) is 12.1 Å². The molecule has 0 radical (unpaired) electrons. The maximum atomic E-state index is 12.5. The average molecular weight is 304 g/mol. The van der Waals surface area contributed by atoms with Gasteiger partial charge in [-0.25, -0.2) is 0 Å². The second-order valence-electron chi connectivity index (χ2n) is 6.09. The number of rotatable bonds is 5. The summed E-state index contributed by atoms with van der Waals surface area (Å²) in [5.74, 6) is 2.09. The van der Waals surface area contributed by atoms with Crippen molar-refractivity contribution < 1.29 is 14.3 Å². The van der Waals surface area contributed by atoms with Gasteiger partial charge in [0.1, 0.15) is 5.75 Å². The molecule has 0 bridgehead atoms. The predicted octanol–water partition coefficient (Wildman–Crippen LogP) is 1.45. The molecule has 0 unspecified atom stereocenters. The summed E-state index contributed by atoms with van der Waals surface area (Å²) in [5, 5.41) is 3.46. The van der Waals surface area contributed by atoms with Gasteiger partial charge in [-0.3, -0.25) is 4.79 Å². The molecule has 0 spiro atoms. The quantitative estimate of drug-likeness (QED) is 0.894. The van der Waals surface area contributed by atoms with E-state index in [9.17, 15) is 4.79 Å². The minimum atomic E-state index is 0.162. The van der Waals surface area contributed by atoms with Gasteiger partial charge < -0.3 is 19.7 Å². The number of carbonyl (C=O) groups excluding carboxylic acids is 1. The van der Waals surface area contributed by atoms with Crippen LogP contribution in [0.15, 0.2) is 24.3 Å². The standard InChI is InChI=1S/C17H24N2O3/c1-21-8-7-16(20)19-11-13-9-18-10-15(13)17(19)12-3-5-14(22-2)6-4-12/h3-6,13,15,17-18H,7-11H2,1-2H3/t13-,15-,17-/m0/s1. The van der Waals surface area contributed by atoms with E-state index in [2.05, 4.69) is 22.3 Å². The highest BCUT2D eigenvalue weighted by molar-refractivity contribution is 5.77. The van der Waals surface area contributed by atoms with Crippen molar-refractivity contribution in [3.05, 3.63) is 29.8 Å². The fourth-order valence-corrected chi connectivity index (χ4v) is 3.74. The molecule has 5 heteroatoms. The molecule has 2 fully saturated rings. The number of amides is 1. The monoisotopic (exact) mass is 304 g/mol. The van der Waals surface area contributed by atoms with E-state index in [0.717, 1.165) is 25.4 Å². The normalized spacial score (nSPS) is 27.0. The number of methoxy groups -OCH3 is 2. The minimum Gasteiger partial charge on any atom is -0.497 e. The highest BCUT2D eigenvalue weighted by atomic mass is 16.5. The van der Waals surface area contributed by atoms with E-state index in [-0.39, 0.29) is 11.9 Å². The van der Waals surface area contributed by atoms with Gasteiger partial charge in [0.25, 0.3) is 0 Å². The van der Waals surface area contributed by atoms with Gasteiger partial charge in [0.15, 0.2) is 0 Å². The zero-order chi connectivity index (χ0) is 15.5. The Morgan fingerprint density at radius 1 is 1.27 bits per heavy atom. The summed E-state index contributed by atoms with van der Waals surface area (Å²) in [6.45, 7) is 3.32. The number of carbonyl (C=O) groups is 1. The number of fused-ring (bicyclic) bond motifs is 1. The van der Waals surface area contributed by atoms with Crippen molar-refractivity contribution in [2.24, 2.45) is 11.8 Å². The maximum Gasteiger partial charge on any atom is 0.225 e. The zero-order valence-corrected chi connectivity index (χ0v) is 13.2. The highest BCUT2D eigenvalue weighted by Gasteiger charge is 2.46. The van der Waals surface area contributed by atoms with Crippen LogP contribution in [0.1, 0.15) is 18.0 Å². The first-order valence-electron chi connectivity index (χ1n) is 7.87. The second kappa shape index (κ2) is 6.67. The molecule has 1 N–H and O–H groups in total. The molecule has 120 valence electrons. The molecule has 22 heavy (non-hydrogen) atoms. The Kier molecular flexibility index (Phi) is 4.64. The lowest BCUT2D eigenvalue weighted by Gasteiger charge is -2.28. The molecule has 2 aliphatic heterocycles. The summed E-state index contributed by atoms with van der Waals surface area (Å²) in [6, 6.07) is 8.28. The van der Waals surface area contributed by atoms with Gasteiger partial charge in [-0.2, -0.15) is 0 Å². The van der Waals surface area contributed by atoms with Gasteiger partial charge in [0, 0.05) is 32.7 Å². The largest absolute Gasteiger partial charge is 0.497 e. The Bertz CT molecular complexity index is 517. The van der Waals surface area contributed by atoms with Crippen molar-refractivity contribution >= 4 is 5.91 Å². The zero-order valence-electron chi connectivity index (χ0n) is 13.2. The lowest BCUT2D eigenvalue weighted by molar-refractivity contribution is -0.133. The number of benzene rings is 1. The smallest absolute Gasteiger partial charge is 0.225 e. The molecular weight excluding hydrogens is 280 g/mol. The summed E-state index contributed by atoms with van der Waals surface area (Å²) in [5.41, 5.74) is 1.20. The number of nitrogens with zero attached hydrogens (tertiary/aromatic N) is 1. The van der Waals surface area contributed by atoms with Crippen LogP contribution in [0.4, 0.5) is 0 Å². The Morgan fingerprint density at radius 3 is 2.73 bits per heavy atom. The van der Waals surface area contributed by atoms with E-state index in [4.69, 9.17) is 9.47 Å². The Morgan fingerprint density at radius 2 is 2.05 bits per heavy atom. The molecule has 1 aromatic carbocycles. The van der Waals surface area contributed by atoms with Crippen LogP contribution < -0.4 is 10.1 Å². The maximum absolute atomic E-state index is 12.5. The number of ether oxygens (including phenoxy) is 2. The van der Waals surface area contributed by atoms with E-state index in [1.54, 1.807) is 14.2 Å². The molecule has 5 nitrogen and oxygen atoms in total. The first-order valence-corrected chi connectivity index (χ1v) is 7.87. The van der Waals surface area contributed by atoms with Crippen molar-refractivity contribution in [1.82, 2.24) is 10.2 Å². The number of likely N-dealkylation sites (tertiary alicyclic amines) is 1. The molecule has 2 heterocycles. The second-order valence-corrected chi connectivity index (χ2v) is 6.09. The van der Waals surface area contributed by atoms with Crippen LogP contribution in [0.2, 0.25) is 0 Å². The van der Waals surface area contributed by atoms with Gasteiger partial charge >= 0.3 is 0 Å². The van der Waals surface area contributed by atoms with Gasteiger partial charge in [-0.15, -0.1) is 0 Å². The van der Waals surface area contributed by atoms with Gasteiger partial charge in [0.05, 0.1) is 26.2 Å². The summed E-state index contributed by atoms with van der Waals surface area (Å²) in [4.78, 5) is 14.6. The summed E-state index contributed by atoms with van der Waals surface area (Å²) in [6.07, 6.45) is 0.454. The Labute approximate surface area is 131 Å². The SMILES string of the molecule is COCCC(=O)N1C[C@@H]2CNC[C@@H]2[C@@H]1c1ccc(OC)cc1. The first kappa shape index (κ1) is 15.3. The van der Waals surface area contributed by atoms with E-state index in [1.165, 1.54) is 5.56 Å². The van der Waals surface area contributed by atoms with Crippen molar-refractivity contribution in [2.75, 3.05) is 40.5 Å². The topological polar surface area (TPSA) is 50.8 Å². The predicted molar refractivity (Wildman–Crippen MR) is 83.8 cm³/mol. The average Bonchev–Trinajstić information content (AvgIpc) is 3.13. The molecule has 0 saturated carbocycles. The minimum absolute atomic E-state index is 0.162. The lowest BCUT2D eigenvalue weighted by Crippen LogP contribution is -2.35. The van der Waals surface area contributed by atoms with E-state index in [1.807, 2.05) is 12.1 Å². The lowest BCUT2D eigenvalue weighted by atomic mass is 9.89. The van der Waals surface area contributed by atoms with E-state index >= 15 is 0 Å². The van der Waals surface area contributed by atoms with Crippen molar-refractivity contribution in [2.45, 2.75) is 12.5 Å². The summed E-state index contributed by atoms with van der Waals surface area (Å²) in [7, 11) is 3.30. The van der Waals surface area contributed by atoms with Crippen LogP contribution in [-0.4, -0.2) is 51.3 Å². The molecule has 2 aliphatic rings. The van der Waals surface area contributed by atoms with Crippen molar-refractivity contribution in [1.29, 1.82) is 0 Å². The van der Waals surface area contributed by atoms with Crippen LogP contribution in [0.5, 0.6) is 5.75 Å². The molecule has 0 aromatic heterocycles. The summed E-state index contributed by atoms with van der Waals surface area (Å²) < 4.78 is 10.3. The number of nitrogens with one attached hydrogen (secondary N) is 1. The number of hydrogen-bond donors (Lipinski definition) is 1. The molecular formula is C17H24N2O3. The van der Waals surface area contributed by atoms with Crippen LogP contribution >= 0.6 is 0 Å². The Balaban J connectivity index is 1.83. The molecule has 1 aromatic rings. The molecule has 3 rings (SSSR count). The van der Waals surface area contributed by atoms with E-state index in [0.29, 0.717) is 24.9 Å². The molecule has 2 saturated heterocycles. The van der Waals surface area contributed by atoms with Crippen LogP contribution in [0.3, 0.4) is 0 Å². The van der Waals surface area contributed by atoms with Crippen molar-refractivity contribution in [3.63, 3.8) is 0 Å². The highest BCUT2D eigenvalue weighted by Crippen LogP contribution is 2.43. The third kappa shape index (κ3) is 2.83. The van der Waals surface area contributed by atoms with Crippen LogP contribution in [0, 0.1) is 11.8 Å².